The van der Waals surface area contributed by atoms with Gasteiger partial charge in [-0.2, -0.15) is 13.2 Å². The Morgan fingerprint density at radius 3 is 2.63 bits per heavy atom. The van der Waals surface area contributed by atoms with E-state index in [1.165, 1.54) is 18.3 Å². The second-order valence-corrected chi connectivity index (χ2v) is 4.05. The second-order valence-electron chi connectivity index (χ2n) is 4.05. The summed E-state index contributed by atoms with van der Waals surface area (Å²) in [5.41, 5.74) is -0.679. The number of aromatic amines is 1. The highest BCUT2D eigenvalue weighted by Crippen LogP contribution is 2.29. The fraction of sp³-hybridized carbons (Fsp3) is 0.250. The van der Waals surface area contributed by atoms with E-state index in [2.05, 4.69) is 5.10 Å². The molecule has 0 saturated heterocycles. The van der Waals surface area contributed by atoms with Crippen LogP contribution in [0, 0.1) is 0 Å². The maximum absolute atomic E-state index is 12.5. The van der Waals surface area contributed by atoms with Crippen molar-refractivity contribution >= 4 is 0 Å². The zero-order chi connectivity index (χ0) is 14.0. The molecule has 2 rings (SSSR count). The fourth-order valence-corrected chi connectivity index (χ4v) is 1.71. The minimum absolute atomic E-state index is 0.0112. The summed E-state index contributed by atoms with van der Waals surface area (Å²) >= 11 is 0. The SMILES string of the molecule is O=c1c(CO)c[nH]n1Cc1cccc(C(F)(F)F)c1. The molecule has 2 N–H and O–H groups in total. The van der Waals surface area contributed by atoms with Crippen LogP contribution in [0.25, 0.3) is 0 Å². The van der Waals surface area contributed by atoms with Crippen molar-refractivity contribution in [3.05, 3.63) is 57.5 Å². The number of aliphatic hydroxyl groups is 1. The summed E-state index contributed by atoms with van der Waals surface area (Å²) < 4.78 is 38.7. The molecule has 0 aliphatic rings. The lowest BCUT2D eigenvalue weighted by Gasteiger charge is -2.08. The van der Waals surface area contributed by atoms with E-state index in [9.17, 15) is 18.0 Å². The highest BCUT2D eigenvalue weighted by atomic mass is 19.4. The first-order valence-corrected chi connectivity index (χ1v) is 5.46. The first-order valence-electron chi connectivity index (χ1n) is 5.46. The van der Waals surface area contributed by atoms with Crippen molar-refractivity contribution in [2.75, 3.05) is 0 Å². The van der Waals surface area contributed by atoms with Crippen LogP contribution in [0.1, 0.15) is 16.7 Å². The van der Waals surface area contributed by atoms with Gasteiger partial charge < -0.3 is 10.2 Å². The lowest BCUT2D eigenvalue weighted by molar-refractivity contribution is -0.137. The predicted molar refractivity (Wildman–Crippen MR) is 61.5 cm³/mol. The number of nitrogens with zero attached hydrogens (tertiary/aromatic N) is 1. The number of halogens is 3. The van der Waals surface area contributed by atoms with Crippen LogP contribution < -0.4 is 5.56 Å². The number of H-pyrrole nitrogens is 1. The molecule has 0 aliphatic heterocycles. The molecule has 1 heterocycles. The van der Waals surface area contributed by atoms with Crippen LogP contribution in [-0.4, -0.2) is 14.9 Å². The molecular weight excluding hydrogens is 261 g/mol. The Kier molecular flexibility index (Phi) is 3.48. The van der Waals surface area contributed by atoms with Gasteiger partial charge in [0, 0.05) is 6.20 Å². The van der Waals surface area contributed by atoms with Gasteiger partial charge in [-0.15, -0.1) is 0 Å². The Labute approximate surface area is 106 Å². The Bertz CT molecular complexity index is 628. The van der Waals surface area contributed by atoms with Gasteiger partial charge in [0.1, 0.15) is 0 Å². The van der Waals surface area contributed by atoms with Crippen molar-refractivity contribution in [1.82, 2.24) is 9.78 Å². The second kappa shape index (κ2) is 4.93. The molecule has 7 heteroatoms. The van der Waals surface area contributed by atoms with Crippen LogP contribution >= 0.6 is 0 Å². The highest BCUT2D eigenvalue weighted by Gasteiger charge is 2.30. The molecule has 102 valence electrons. The molecule has 1 aromatic heterocycles. The molecular formula is C12H11F3N2O2. The Morgan fingerprint density at radius 2 is 2.05 bits per heavy atom. The Morgan fingerprint density at radius 1 is 1.32 bits per heavy atom. The predicted octanol–water partition coefficient (Wildman–Crippen LogP) is 1.74. The number of aromatic nitrogens is 2. The average molecular weight is 272 g/mol. The number of benzene rings is 1. The number of nitrogens with one attached hydrogen (secondary N) is 1. The summed E-state index contributed by atoms with van der Waals surface area (Å²) in [6, 6.07) is 4.76. The minimum atomic E-state index is -4.41. The first kappa shape index (κ1) is 13.4. The molecule has 0 amide bonds. The first-order chi connectivity index (χ1) is 8.91. The van der Waals surface area contributed by atoms with Crippen LogP contribution in [0.15, 0.2) is 35.3 Å². The number of alkyl halides is 3. The maximum Gasteiger partial charge on any atom is 0.416 e. The van der Waals surface area contributed by atoms with Crippen molar-refractivity contribution < 1.29 is 18.3 Å². The van der Waals surface area contributed by atoms with E-state index in [1.807, 2.05) is 0 Å². The Balaban J connectivity index is 2.29. The van der Waals surface area contributed by atoms with Crippen molar-refractivity contribution in [2.24, 2.45) is 0 Å². The summed E-state index contributed by atoms with van der Waals surface area (Å²) in [5, 5.41) is 11.5. The molecule has 19 heavy (non-hydrogen) atoms. The van der Waals surface area contributed by atoms with Crippen LogP contribution in [0.5, 0.6) is 0 Å². The van der Waals surface area contributed by atoms with Crippen LogP contribution in [0.2, 0.25) is 0 Å². The molecule has 0 radical (unpaired) electrons. The molecule has 0 saturated carbocycles. The van der Waals surface area contributed by atoms with E-state index in [0.29, 0.717) is 5.56 Å². The van der Waals surface area contributed by atoms with Crippen LogP contribution in [0.4, 0.5) is 13.2 Å². The van der Waals surface area contributed by atoms with Crippen molar-refractivity contribution in [3.8, 4) is 0 Å². The molecule has 0 unspecified atom stereocenters. The van der Waals surface area contributed by atoms with Gasteiger partial charge in [0.2, 0.25) is 0 Å². The summed E-state index contributed by atoms with van der Waals surface area (Å²) in [6.45, 7) is -0.423. The maximum atomic E-state index is 12.5. The van der Waals surface area contributed by atoms with E-state index in [0.717, 1.165) is 16.8 Å². The van der Waals surface area contributed by atoms with E-state index < -0.39 is 23.9 Å². The van der Waals surface area contributed by atoms with Crippen LogP contribution in [-0.2, 0) is 19.3 Å². The van der Waals surface area contributed by atoms with E-state index in [4.69, 9.17) is 5.11 Å². The third-order valence-electron chi connectivity index (χ3n) is 2.68. The molecule has 0 bridgehead atoms. The standard InChI is InChI=1S/C12H11F3N2O2/c13-12(14,15)10-3-1-2-8(4-10)6-17-11(19)9(7-18)5-16-17/h1-5,16,18H,6-7H2. The van der Waals surface area contributed by atoms with E-state index in [-0.39, 0.29) is 12.1 Å². The zero-order valence-corrected chi connectivity index (χ0v) is 9.74. The third-order valence-corrected chi connectivity index (χ3v) is 2.68. The van der Waals surface area contributed by atoms with Gasteiger partial charge in [-0.3, -0.25) is 4.79 Å². The van der Waals surface area contributed by atoms with Gasteiger partial charge in [0.25, 0.3) is 5.56 Å². The number of rotatable bonds is 3. The summed E-state index contributed by atoms with van der Waals surface area (Å²) in [7, 11) is 0. The number of hydrogen-bond donors (Lipinski definition) is 2. The van der Waals surface area contributed by atoms with Gasteiger partial charge in [-0.05, 0) is 17.7 Å². The molecule has 1 aromatic carbocycles. The van der Waals surface area contributed by atoms with Crippen molar-refractivity contribution in [3.63, 3.8) is 0 Å². The molecule has 4 nitrogen and oxygen atoms in total. The number of aliphatic hydroxyl groups excluding tert-OH is 1. The van der Waals surface area contributed by atoms with Gasteiger partial charge in [0.15, 0.2) is 0 Å². The molecule has 0 aliphatic carbocycles. The minimum Gasteiger partial charge on any atom is -0.391 e. The third kappa shape index (κ3) is 2.87. The lowest BCUT2D eigenvalue weighted by Crippen LogP contribution is -2.20. The lowest BCUT2D eigenvalue weighted by atomic mass is 10.1. The average Bonchev–Trinajstić information content (AvgIpc) is 2.70. The topological polar surface area (TPSA) is 58.0 Å². The van der Waals surface area contributed by atoms with Crippen molar-refractivity contribution in [2.45, 2.75) is 19.3 Å². The summed E-state index contributed by atoms with van der Waals surface area (Å²) in [4.78, 5) is 11.6. The van der Waals surface area contributed by atoms with E-state index >= 15 is 0 Å². The van der Waals surface area contributed by atoms with Gasteiger partial charge >= 0.3 is 6.18 Å². The summed E-state index contributed by atoms with van der Waals surface area (Å²) in [6.07, 6.45) is -3.08. The largest absolute Gasteiger partial charge is 0.416 e. The molecule has 0 atom stereocenters. The highest BCUT2D eigenvalue weighted by molar-refractivity contribution is 5.25. The van der Waals surface area contributed by atoms with Crippen molar-refractivity contribution in [1.29, 1.82) is 0 Å². The molecule has 0 fully saturated rings. The van der Waals surface area contributed by atoms with Gasteiger partial charge in [-0.25, -0.2) is 4.68 Å². The zero-order valence-electron chi connectivity index (χ0n) is 9.74. The van der Waals surface area contributed by atoms with Gasteiger partial charge in [-0.1, -0.05) is 12.1 Å². The van der Waals surface area contributed by atoms with Crippen LogP contribution in [0.3, 0.4) is 0 Å². The monoisotopic (exact) mass is 272 g/mol. The fourth-order valence-electron chi connectivity index (χ4n) is 1.71. The molecule has 0 spiro atoms. The number of hydrogen-bond acceptors (Lipinski definition) is 2. The smallest absolute Gasteiger partial charge is 0.391 e. The molecule has 2 aromatic rings. The van der Waals surface area contributed by atoms with E-state index in [1.54, 1.807) is 0 Å². The quantitative estimate of drug-likeness (QED) is 0.894. The normalized spacial score (nSPS) is 11.8. The summed E-state index contributed by atoms with van der Waals surface area (Å²) in [5.74, 6) is 0. The Hall–Kier alpha value is -2.02. The van der Waals surface area contributed by atoms with Gasteiger partial charge in [0.05, 0.1) is 24.3 Å².